The van der Waals surface area contributed by atoms with E-state index in [1.165, 1.54) is 12.1 Å². The third-order valence-corrected chi connectivity index (χ3v) is 6.01. The fraction of sp³-hybridized carbons (Fsp3) is 0.650. The van der Waals surface area contributed by atoms with Crippen molar-refractivity contribution in [2.45, 2.75) is 31.9 Å². The van der Waals surface area contributed by atoms with Gasteiger partial charge in [0.2, 0.25) is 0 Å². The highest BCUT2D eigenvalue weighted by molar-refractivity contribution is 7.99. The van der Waals surface area contributed by atoms with Gasteiger partial charge in [-0.2, -0.15) is 11.8 Å². The number of thioether (sulfide) groups is 1. The average Bonchev–Trinajstić information content (AvgIpc) is 3.13. The minimum absolute atomic E-state index is 0.166. The smallest absolute Gasteiger partial charge is 0.191 e. The maximum Gasteiger partial charge on any atom is 0.191 e. The summed E-state index contributed by atoms with van der Waals surface area (Å²) in [4.78, 5) is 7.20. The van der Waals surface area contributed by atoms with Crippen LogP contribution in [0.25, 0.3) is 0 Å². The van der Waals surface area contributed by atoms with Crippen LogP contribution in [0.4, 0.5) is 5.69 Å². The molecule has 26 heavy (non-hydrogen) atoms. The number of ether oxygens (including phenoxy) is 1. The lowest BCUT2D eigenvalue weighted by Crippen LogP contribution is -2.41. The Labute approximate surface area is 163 Å². The second-order valence-corrected chi connectivity index (χ2v) is 8.86. The third-order valence-electron chi connectivity index (χ3n) is 4.78. The average molecular weight is 379 g/mol. The molecule has 2 N–H and O–H groups in total. The highest BCUT2D eigenvalue weighted by Crippen LogP contribution is 2.26. The van der Waals surface area contributed by atoms with Crippen molar-refractivity contribution in [1.82, 2.24) is 10.6 Å². The SMILES string of the molecule is CCNC(=NCC(C)(C)SC)NCC1CCN(c2cccc(OC)c2)C1. The summed E-state index contributed by atoms with van der Waals surface area (Å²) in [6.45, 7) is 11.4. The van der Waals surface area contributed by atoms with Crippen LogP contribution in [0.3, 0.4) is 0 Å². The molecule has 146 valence electrons. The first-order valence-corrected chi connectivity index (χ1v) is 10.7. The molecule has 2 rings (SSSR count). The van der Waals surface area contributed by atoms with Crippen LogP contribution in [-0.4, -0.2) is 56.8 Å². The van der Waals surface area contributed by atoms with Gasteiger partial charge in [-0.1, -0.05) is 6.07 Å². The topological polar surface area (TPSA) is 48.9 Å². The van der Waals surface area contributed by atoms with Gasteiger partial charge >= 0.3 is 0 Å². The largest absolute Gasteiger partial charge is 0.497 e. The van der Waals surface area contributed by atoms with Gasteiger partial charge in [0.15, 0.2) is 5.96 Å². The predicted octanol–water partition coefficient (Wildman–Crippen LogP) is 3.22. The van der Waals surface area contributed by atoms with Gasteiger partial charge in [0, 0.05) is 42.7 Å². The fourth-order valence-corrected chi connectivity index (χ4v) is 3.15. The van der Waals surface area contributed by atoms with E-state index in [0.29, 0.717) is 5.92 Å². The maximum atomic E-state index is 5.35. The highest BCUT2D eigenvalue weighted by Gasteiger charge is 2.23. The van der Waals surface area contributed by atoms with Crippen molar-refractivity contribution in [3.05, 3.63) is 24.3 Å². The van der Waals surface area contributed by atoms with Crippen LogP contribution in [0, 0.1) is 5.92 Å². The zero-order valence-electron chi connectivity index (χ0n) is 16.8. The van der Waals surface area contributed by atoms with Crippen LogP contribution in [0.1, 0.15) is 27.2 Å². The van der Waals surface area contributed by atoms with Gasteiger partial charge in [0.25, 0.3) is 0 Å². The number of benzene rings is 1. The molecule has 5 nitrogen and oxygen atoms in total. The van der Waals surface area contributed by atoms with E-state index in [-0.39, 0.29) is 4.75 Å². The Morgan fingerprint density at radius 2 is 2.19 bits per heavy atom. The zero-order chi connectivity index (χ0) is 19.0. The molecular weight excluding hydrogens is 344 g/mol. The van der Waals surface area contributed by atoms with Crippen molar-refractivity contribution in [2.75, 3.05) is 51.0 Å². The van der Waals surface area contributed by atoms with Crippen LogP contribution >= 0.6 is 11.8 Å². The summed E-state index contributed by atoms with van der Waals surface area (Å²) in [6.07, 6.45) is 3.33. The summed E-state index contributed by atoms with van der Waals surface area (Å²) >= 11 is 1.85. The summed E-state index contributed by atoms with van der Waals surface area (Å²) in [5.74, 6) is 2.47. The summed E-state index contributed by atoms with van der Waals surface area (Å²) in [5.41, 5.74) is 1.24. The standard InChI is InChI=1S/C20H34N4OS/c1-6-21-19(23-15-20(2,3)26-5)22-13-16-10-11-24(14-16)17-8-7-9-18(12-17)25-4/h7-9,12,16H,6,10-11,13-15H2,1-5H3,(H2,21,22,23). The third kappa shape index (κ3) is 6.31. The minimum Gasteiger partial charge on any atom is -0.497 e. The maximum absolute atomic E-state index is 5.35. The van der Waals surface area contributed by atoms with Crippen molar-refractivity contribution in [3.63, 3.8) is 0 Å². The van der Waals surface area contributed by atoms with E-state index in [9.17, 15) is 0 Å². The van der Waals surface area contributed by atoms with Gasteiger partial charge < -0.3 is 20.3 Å². The van der Waals surface area contributed by atoms with Gasteiger partial charge in [0.05, 0.1) is 13.7 Å². The first kappa shape index (κ1) is 20.7. The molecule has 0 amide bonds. The minimum atomic E-state index is 0.166. The highest BCUT2D eigenvalue weighted by atomic mass is 32.2. The number of anilines is 1. The number of hydrogen-bond donors (Lipinski definition) is 2. The Morgan fingerprint density at radius 3 is 2.88 bits per heavy atom. The Kier molecular flexibility index (Phi) is 7.94. The molecule has 1 aliphatic heterocycles. The van der Waals surface area contributed by atoms with Gasteiger partial charge in [-0.15, -0.1) is 0 Å². The van der Waals surface area contributed by atoms with Gasteiger partial charge in [-0.3, -0.25) is 4.99 Å². The van der Waals surface area contributed by atoms with Gasteiger partial charge in [0.1, 0.15) is 5.75 Å². The van der Waals surface area contributed by atoms with Gasteiger partial charge in [-0.05, 0) is 51.5 Å². The van der Waals surface area contributed by atoms with E-state index in [0.717, 1.165) is 44.4 Å². The molecule has 6 heteroatoms. The van der Waals surface area contributed by atoms with E-state index in [4.69, 9.17) is 9.73 Å². The summed E-state index contributed by atoms with van der Waals surface area (Å²) in [7, 11) is 1.72. The molecule has 1 heterocycles. The molecule has 1 fully saturated rings. The second kappa shape index (κ2) is 9.95. The van der Waals surface area contributed by atoms with E-state index >= 15 is 0 Å². The first-order valence-electron chi connectivity index (χ1n) is 9.43. The number of methoxy groups -OCH3 is 1. The van der Waals surface area contributed by atoms with E-state index in [2.05, 4.69) is 60.8 Å². The lowest BCUT2D eigenvalue weighted by molar-refractivity contribution is 0.415. The summed E-state index contributed by atoms with van der Waals surface area (Å²) in [6, 6.07) is 8.33. The van der Waals surface area contributed by atoms with Crippen molar-refractivity contribution in [1.29, 1.82) is 0 Å². The molecule has 0 aromatic heterocycles. The van der Waals surface area contributed by atoms with Crippen molar-refractivity contribution in [3.8, 4) is 5.75 Å². The Hall–Kier alpha value is -1.56. The molecule has 1 aromatic rings. The van der Waals surface area contributed by atoms with E-state index in [1.54, 1.807) is 7.11 Å². The van der Waals surface area contributed by atoms with Crippen LogP contribution in [0.2, 0.25) is 0 Å². The summed E-state index contributed by atoms with van der Waals surface area (Å²) in [5, 5.41) is 6.89. The van der Waals surface area contributed by atoms with Crippen molar-refractivity contribution < 1.29 is 4.74 Å². The van der Waals surface area contributed by atoms with Gasteiger partial charge in [-0.25, -0.2) is 0 Å². The molecule has 0 spiro atoms. The Morgan fingerprint density at radius 1 is 1.38 bits per heavy atom. The lowest BCUT2D eigenvalue weighted by atomic mass is 10.1. The second-order valence-electron chi connectivity index (χ2n) is 7.34. The lowest BCUT2D eigenvalue weighted by Gasteiger charge is -2.21. The molecule has 1 aromatic carbocycles. The summed E-state index contributed by atoms with van der Waals surface area (Å²) < 4.78 is 5.51. The molecule has 0 bridgehead atoms. The monoisotopic (exact) mass is 378 g/mol. The molecule has 0 aliphatic carbocycles. The van der Waals surface area contributed by atoms with E-state index < -0.39 is 0 Å². The molecule has 1 unspecified atom stereocenters. The molecular formula is C20H34N4OS. The fourth-order valence-electron chi connectivity index (χ4n) is 2.96. The molecule has 1 aliphatic rings. The molecule has 0 saturated carbocycles. The number of aliphatic imine (C=N–C) groups is 1. The zero-order valence-corrected chi connectivity index (χ0v) is 17.7. The first-order chi connectivity index (χ1) is 12.5. The number of hydrogen-bond acceptors (Lipinski definition) is 4. The van der Waals surface area contributed by atoms with Crippen LogP contribution in [0.5, 0.6) is 5.75 Å². The molecule has 1 saturated heterocycles. The number of guanidine groups is 1. The molecule has 1 atom stereocenters. The number of nitrogens with zero attached hydrogens (tertiary/aromatic N) is 2. The van der Waals surface area contributed by atoms with Crippen LogP contribution in [0.15, 0.2) is 29.3 Å². The van der Waals surface area contributed by atoms with Crippen LogP contribution in [-0.2, 0) is 0 Å². The number of rotatable bonds is 8. The quantitative estimate of drug-likeness (QED) is 0.537. The Balaban J connectivity index is 1.87. The van der Waals surface area contributed by atoms with E-state index in [1.807, 2.05) is 17.8 Å². The van der Waals surface area contributed by atoms with Crippen molar-refractivity contribution >= 4 is 23.4 Å². The van der Waals surface area contributed by atoms with Crippen LogP contribution < -0.4 is 20.3 Å². The van der Waals surface area contributed by atoms with Crippen molar-refractivity contribution in [2.24, 2.45) is 10.9 Å². The Bertz CT molecular complexity index is 591. The normalized spacial score (nSPS) is 18.1. The number of nitrogens with one attached hydrogen (secondary N) is 2. The predicted molar refractivity (Wildman–Crippen MR) is 115 cm³/mol. The molecule has 0 radical (unpaired) electrons.